The maximum absolute atomic E-state index is 12.2. The lowest BCUT2D eigenvalue weighted by molar-refractivity contribution is -0.230. The van der Waals surface area contributed by atoms with E-state index in [9.17, 15) is 9.59 Å². The van der Waals surface area contributed by atoms with E-state index < -0.39 is 17.7 Å². The summed E-state index contributed by atoms with van der Waals surface area (Å²) in [6, 6.07) is 5.15. The van der Waals surface area contributed by atoms with Gasteiger partial charge in [-0.05, 0) is 30.2 Å². The number of fused-ring (bicyclic) bond motifs is 1. The molecule has 3 rings (SSSR count). The van der Waals surface area contributed by atoms with Crippen molar-refractivity contribution in [2.45, 2.75) is 38.9 Å². The van der Waals surface area contributed by atoms with E-state index in [-0.39, 0.29) is 12.4 Å². The van der Waals surface area contributed by atoms with E-state index >= 15 is 0 Å². The van der Waals surface area contributed by atoms with Crippen LogP contribution in [0.4, 0.5) is 0 Å². The van der Waals surface area contributed by atoms with Crippen molar-refractivity contribution in [3.63, 3.8) is 0 Å². The molecule has 0 unspecified atom stereocenters. The fourth-order valence-electron chi connectivity index (χ4n) is 2.49. The molecule has 2 aliphatic rings. The van der Waals surface area contributed by atoms with Gasteiger partial charge in [-0.3, -0.25) is 0 Å². The lowest BCUT2D eigenvalue weighted by Gasteiger charge is -2.33. The Labute approximate surface area is 134 Å². The van der Waals surface area contributed by atoms with Gasteiger partial charge in [-0.25, -0.2) is 9.59 Å². The van der Waals surface area contributed by atoms with Crippen LogP contribution < -0.4 is 9.47 Å². The number of hydrogen-bond donors (Lipinski definition) is 0. The average molecular weight is 318 g/mol. The molecule has 2 aliphatic heterocycles. The molecule has 0 saturated carbocycles. The summed E-state index contributed by atoms with van der Waals surface area (Å²) in [6.07, 6.45) is 3.65. The van der Waals surface area contributed by atoms with Crippen LogP contribution in [0.25, 0.3) is 6.08 Å². The Kier molecular flexibility index (Phi) is 3.98. The van der Waals surface area contributed by atoms with E-state index in [1.807, 2.05) is 6.92 Å². The number of esters is 2. The number of unbranched alkanes of at least 4 members (excludes halogenated alkanes) is 1. The van der Waals surface area contributed by atoms with Crippen molar-refractivity contribution in [2.75, 3.05) is 6.79 Å². The van der Waals surface area contributed by atoms with Gasteiger partial charge in [0, 0.05) is 13.3 Å². The van der Waals surface area contributed by atoms with Crippen molar-refractivity contribution >= 4 is 18.0 Å². The van der Waals surface area contributed by atoms with Gasteiger partial charge < -0.3 is 18.9 Å². The fraction of sp³-hybridized carbons (Fsp3) is 0.412. The summed E-state index contributed by atoms with van der Waals surface area (Å²) in [5.41, 5.74) is 0.508. The Balaban J connectivity index is 1.81. The molecule has 0 aromatic heterocycles. The highest BCUT2D eigenvalue weighted by molar-refractivity contribution is 6.18. The van der Waals surface area contributed by atoms with Gasteiger partial charge in [0.05, 0.1) is 0 Å². The van der Waals surface area contributed by atoms with Gasteiger partial charge in [0.15, 0.2) is 11.5 Å². The Bertz CT molecular complexity index is 656. The number of carbonyl (C=O) groups is 2. The van der Waals surface area contributed by atoms with Crippen molar-refractivity contribution in [1.29, 1.82) is 0 Å². The summed E-state index contributed by atoms with van der Waals surface area (Å²) in [6.45, 7) is 3.78. The van der Waals surface area contributed by atoms with Crippen molar-refractivity contribution in [3.05, 3.63) is 29.3 Å². The summed E-state index contributed by atoms with van der Waals surface area (Å²) >= 11 is 0. The minimum Gasteiger partial charge on any atom is -0.454 e. The minimum absolute atomic E-state index is 0.127. The van der Waals surface area contributed by atoms with Crippen LogP contribution in [0.5, 0.6) is 11.5 Å². The molecule has 0 bridgehead atoms. The zero-order valence-corrected chi connectivity index (χ0v) is 13.1. The summed E-state index contributed by atoms with van der Waals surface area (Å²) < 4.78 is 21.1. The van der Waals surface area contributed by atoms with Crippen LogP contribution in [0.3, 0.4) is 0 Å². The molecule has 0 radical (unpaired) electrons. The number of rotatable bonds is 4. The van der Waals surface area contributed by atoms with E-state index in [1.54, 1.807) is 25.1 Å². The molecule has 1 fully saturated rings. The Morgan fingerprint density at radius 1 is 1.13 bits per heavy atom. The van der Waals surface area contributed by atoms with Crippen molar-refractivity contribution in [3.8, 4) is 11.5 Å². The Morgan fingerprint density at radius 2 is 1.83 bits per heavy atom. The van der Waals surface area contributed by atoms with Crippen LogP contribution in [-0.2, 0) is 19.1 Å². The predicted molar refractivity (Wildman–Crippen MR) is 80.7 cm³/mol. The average Bonchev–Trinajstić information content (AvgIpc) is 2.96. The molecule has 0 N–H and O–H groups in total. The number of ether oxygens (including phenoxy) is 4. The second-order valence-electron chi connectivity index (χ2n) is 5.69. The minimum atomic E-state index is -1.18. The molecule has 0 atom stereocenters. The summed E-state index contributed by atoms with van der Waals surface area (Å²) in [5, 5.41) is 0. The lowest BCUT2D eigenvalue weighted by atomic mass is 10.1. The van der Waals surface area contributed by atoms with Gasteiger partial charge >= 0.3 is 11.9 Å². The van der Waals surface area contributed by atoms with Gasteiger partial charge in [0.2, 0.25) is 6.79 Å². The van der Waals surface area contributed by atoms with E-state index in [0.717, 1.165) is 12.8 Å². The smallest absolute Gasteiger partial charge is 0.348 e. The summed E-state index contributed by atoms with van der Waals surface area (Å²) in [5.74, 6) is -1.32. The third-order valence-corrected chi connectivity index (χ3v) is 3.75. The molecule has 1 aromatic rings. The zero-order valence-electron chi connectivity index (χ0n) is 13.1. The van der Waals surface area contributed by atoms with E-state index in [1.165, 1.54) is 6.08 Å². The van der Waals surface area contributed by atoms with Gasteiger partial charge in [0.1, 0.15) is 5.57 Å². The number of hydrogen-bond acceptors (Lipinski definition) is 6. The van der Waals surface area contributed by atoms with Gasteiger partial charge in [-0.1, -0.05) is 19.4 Å². The van der Waals surface area contributed by atoms with E-state index in [0.29, 0.717) is 23.5 Å². The highest BCUT2D eigenvalue weighted by Crippen LogP contribution is 2.34. The van der Waals surface area contributed by atoms with Crippen LogP contribution in [0, 0.1) is 0 Å². The maximum Gasteiger partial charge on any atom is 0.348 e. The molecule has 0 spiro atoms. The highest BCUT2D eigenvalue weighted by atomic mass is 16.7. The first-order valence-corrected chi connectivity index (χ1v) is 7.59. The van der Waals surface area contributed by atoms with Crippen molar-refractivity contribution in [1.82, 2.24) is 0 Å². The molecule has 1 saturated heterocycles. The SMILES string of the molecule is CCCCC1(C)OC(=O)C(=Cc2ccc3c(c2)OCO3)C(=O)O1. The molecule has 6 nitrogen and oxygen atoms in total. The highest BCUT2D eigenvalue weighted by Gasteiger charge is 2.41. The fourth-order valence-corrected chi connectivity index (χ4v) is 2.49. The normalized spacial score (nSPS) is 22.6. The third-order valence-electron chi connectivity index (χ3n) is 3.75. The van der Waals surface area contributed by atoms with Gasteiger partial charge in [0.25, 0.3) is 5.79 Å². The molecule has 2 heterocycles. The number of carbonyl (C=O) groups excluding carboxylic acids is 2. The predicted octanol–water partition coefficient (Wildman–Crippen LogP) is 2.81. The standard InChI is InChI=1S/C17H18O6/c1-3-4-7-17(2)22-15(18)12(16(19)23-17)8-11-5-6-13-14(9-11)21-10-20-13/h5-6,8-9H,3-4,7,10H2,1-2H3. The zero-order chi connectivity index (χ0) is 16.4. The first-order chi connectivity index (χ1) is 11.0. The van der Waals surface area contributed by atoms with Gasteiger partial charge in [-0.2, -0.15) is 0 Å². The lowest BCUT2D eigenvalue weighted by Crippen LogP contribution is -2.44. The first kappa shape index (κ1) is 15.4. The Hall–Kier alpha value is -2.50. The molecular weight excluding hydrogens is 300 g/mol. The largest absolute Gasteiger partial charge is 0.454 e. The second kappa shape index (κ2) is 5.95. The second-order valence-corrected chi connectivity index (χ2v) is 5.69. The summed E-state index contributed by atoms with van der Waals surface area (Å²) in [7, 11) is 0. The molecular formula is C17H18O6. The maximum atomic E-state index is 12.2. The monoisotopic (exact) mass is 318 g/mol. The first-order valence-electron chi connectivity index (χ1n) is 7.59. The molecule has 0 amide bonds. The van der Waals surface area contributed by atoms with E-state index in [2.05, 4.69) is 0 Å². The van der Waals surface area contributed by atoms with Crippen LogP contribution in [-0.4, -0.2) is 24.5 Å². The molecule has 0 aliphatic carbocycles. The van der Waals surface area contributed by atoms with Crippen molar-refractivity contribution < 1.29 is 28.5 Å². The topological polar surface area (TPSA) is 71.1 Å². The van der Waals surface area contributed by atoms with Crippen molar-refractivity contribution in [2.24, 2.45) is 0 Å². The number of benzene rings is 1. The van der Waals surface area contributed by atoms with Crippen LogP contribution in [0.15, 0.2) is 23.8 Å². The molecule has 122 valence electrons. The van der Waals surface area contributed by atoms with Gasteiger partial charge in [-0.15, -0.1) is 0 Å². The summed E-state index contributed by atoms with van der Waals surface area (Å²) in [4.78, 5) is 24.3. The molecule has 1 aromatic carbocycles. The molecule has 23 heavy (non-hydrogen) atoms. The van der Waals surface area contributed by atoms with Crippen LogP contribution >= 0.6 is 0 Å². The quantitative estimate of drug-likeness (QED) is 0.483. The van der Waals surface area contributed by atoms with E-state index in [4.69, 9.17) is 18.9 Å². The third kappa shape index (κ3) is 3.16. The Morgan fingerprint density at radius 3 is 2.52 bits per heavy atom. The van der Waals surface area contributed by atoms with Crippen LogP contribution in [0.1, 0.15) is 38.7 Å². The van der Waals surface area contributed by atoms with Crippen LogP contribution in [0.2, 0.25) is 0 Å². The number of cyclic esters (lactones) is 2. The molecule has 6 heteroatoms.